The first-order valence-corrected chi connectivity index (χ1v) is 9.46. The van der Waals surface area contributed by atoms with Gasteiger partial charge in [0.05, 0.1) is 32.3 Å². The van der Waals surface area contributed by atoms with E-state index in [2.05, 4.69) is 5.32 Å². The van der Waals surface area contributed by atoms with E-state index in [1.54, 1.807) is 12.1 Å². The van der Waals surface area contributed by atoms with Gasteiger partial charge in [0.1, 0.15) is 5.75 Å². The molecule has 140 valence electrons. The highest BCUT2D eigenvalue weighted by molar-refractivity contribution is 6.50. The predicted molar refractivity (Wildman–Crippen MR) is 109 cm³/mol. The second kappa shape index (κ2) is 9.67. The highest BCUT2D eigenvalue weighted by atomic mass is 35.5. The van der Waals surface area contributed by atoms with Gasteiger partial charge in [-0.25, -0.2) is 0 Å². The molecule has 0 saturated heterocycles. The van der Waals surface area contributed by atoms with E-state index >= 15 is 0 Å². The first-order chi connectivity index (χ1) is 12.3. The number of para-hydroxylation sites is 1. The number of hydrogen-bond acceptors (Lipinski definition) is 3. The quantitative estimate of drug-likeness (QED) is 0.535. The van der Waals surface area contributed by atoms with Crippen molar-refractivity contribution in [2.75, 3.05) is 18.4 Å². The molecule has 4 nitrogen and oxygen atoms in total. The molecular weight excluding hydrogens is 418 g/mol. The van der Waals surface area contributed by atoms with Crippen molar-refractivity contribution < 1.29 is 9.90 Å². The Kier molecular flexibility index (Phi) is 7.86. The van der Waals surface area contributed by atoms with Gasteiger partial charge in [-0.2, -0.15) is 0 Å². The minimum absolute atomic E-state index is 0.0962. The molecule has 0 bridgehead atoms. The normalized spacial score (nSPS) is 11.0. The Morgan fingerprint density at radius 2 is 1.73 bits per heavy atom. The summed E-state index contributed by atoms with van der Waals surface area (Å²) < 4.78 is 0. The smallest absolute Gasteiger partial charge is 0.238 e. The number of carbonyl (C=O) groups excluding carboxylic acids is 1. The zero-order chi connectivity index (χ0) is 19.3. The lowest BCUT2D eigenvalue weighted by molar-refractivity contribution is -0.117. The van der Waals surface area contributed by atoms with Gasteiger partial charge in [-0.05, 0) is 25.1 Å². The van der Waals surface area contributed by atoms with E-state index in [4.69, 9.17) is 46.4 Å². The molecule has 0 aromatic heterocycles. The standard InChI is InChI=1S/C18H18Cl4N2O2/c1-2-7-24(9-11-5-3-4-6-14(11)25)10-15(26)23-18-16(21)12(19)8-13(20)17(18)22/h3-6,8,25H,2,7,9-10H2,1H3,(H,23,26). The molecule has 0 atom stereocenters. The Balaban J connectivity index is 2.12. The van der Waals surface area contributed by atoms with Crippen molar-refractivity contribution in [3.8, 4) is 5.75 Å². The Morgan fingerprint density at radius 1 is 1.12 bits per heavy atom. The Labute approximate surface area is 172 Å². The Morgan fingerprint density at radius 3 is 2.31 bits per heavy atom. The lowest BCUT2D eigenvalue weighted by Crippen LogP contribution is -2.33. The maximum atomic E-state index is 12.5. The molecule has 0 unspecified atom stereocenters. The van der Waals surface area contributed by atoms with Crippen LogP contribution in [0, 0.1) is 0 Å². The highest BCUT2D eigenvalue weighted by Crippen LogP contribution is 2.41. The topological polar surface area (TPSA) is 52.6 Å². The molecule has 0 aliphatic rings. The van der Waals surface area contributed by atoms with Crippen molar-refractivity contribution in [1.29, 1.82) is 0 Å². The maximum Gasteiger partial charge on any atom is 0.238 e. The summed E-state index contributed by atoms with van der Waals surface area (Å²) in [7, 11) is 0. The number of amides is 1. The molecule has 2 aromatic rings. The lowest BCUT2D eigenvalue weighted by atomic mass is 10.2. The van der Waals surface area contributed by atoms with Crippen molar-refractivity contribution >= 4 is 58.0 Å². The third kappa shape index (κ3) is 5.41. The van der Waals surface area contributed by atoms with Gasteiger partial charge < -0.3 is 10.4 Å². The van der Waals surface area contributed by atoms with E-state index in [0.29, 0.717) is 13.1 Å². The second-order valence-electron chi connectivity index (χ2n) is 5.73. The monoisotopic (exact) mass is 434 g/mol. The molecule has 2 rings (SSSR count). The number of phenolic OH excluding ortho intramolecular Hbond substituents is 1. The van der Waals surface area contributed by atoms with Crippen LogP contribution in [0.2, 0.25) is 20.1 Å². The second-order valence-corrected chi connectivity index (χ2v) is 7.30. The number of benzene rings is 2. The van der Waals surface area contributed by atoms with E-state index in [-0.39, 0.29) is 44.0 Å². The van der Waals surface area contributed by atoms with Gasteiger partial charge in [0, 0.05) is 12.1 Å². The van der Waals surface area contributed by atoms with Gasteiger partial charge in [-0.3, -0.25) is 9.69 Å². The van der Waals surface area contributed by atoms with Crippen molar-refractivity contribution in [2.24, 2.45) is 0 Å². The van der Waals surface area contributed by atoms with E-state index < -0.39 is 0 Å². The molecule has 0 heterocycles. The summed E-state index contributed by atoms with van der Waals surface area (Å²) in [6.45, 7) is 3.23. The number of phenols is 1. The van der Waals surface area contributed by atoms with Crippen LogP contribution in [0.4, 0.5) is 5.69 Å². The number of halogens is 4. The molecule has 1 amide bonds. The van der Waals surface area contributed by atoms with Crippen LogP contribution in [-0.2, 0) is 11.3 Å². The minimum Gasteiger partial charge on any atom is -0.508 e. The maximum absolute atomic E-state index is 12.5. The first-order valence-electron chi connectivity index (χ1n) is 7.95. The van der Waals surface area contributed by atoms with Crippen molar-refractivity contribution in [3.63, 3.8) is 0 Å². The van der Waals surface area contributed by atoms with Crippen LogP contribution in [0.5, 0.6) is 5.75 Å². The summed E-state index contributed by atoms with van der Waals surface area (Å²) in [6, 6.07) is 8.45. The molecule has 2 aromatic carbocycles. The fourth-order valence-corrected chi connectivity index (χ4v) is 3.38. The molecular formula is C18H18Cl4N2O2. The van der Waals surface area contributed by atoms with Crippen LogP contribution < -0.4 is 5.32 Å². The van der Waals surface area contributed by atoms with Gasteiger partial charge >= 0.3 is 0 Å². The molecule has 0 fully saturated rings. The molecule has 26 heavy (non-hydrogen) atoms. The number of nitrogens with zero attached hydrogens (tertiary/aromatic N) is 1. The number of rotatable bonds is 7. The number of aromatic hydroxyl groups is 1. The van der Waals surface area contributed by atoms with E-state index in [0.717, 1.165) is 12.0 Å². The van der Waals surface area contributed by atoms with E-state index in [1.165, 1.54) is 6.07 Å². The summed E-state index contributed by atoms with van der Waals surface area (Å²) in [6.07, 6.45) is 0.853. The molecule has 0 spiro atoms. The van der Waals surface area contributed by atoms with Gasteiger partial charge in [-0.1, -0.05) is 71.5 Å². The van der Waals surface area contributed by atoms with Crippen LogP contribution in [0.15, 0.2) is 30.3 Å². The van der Waals surface area contributed by atoms with Crippen LogP contribution in [-0.4, -0.2) is 29.0 Å². The lowest BCUT2D eigenvalue weighted by Gasteiger charge is -2.22. The fraction of sp³-hybridized carbons (Fsp3) is 0.278. The zero-order valence-corrected chi connectivity index (χ0v) is 17.1. The van der Waals surface area contributed by atoms with Crippen LogP contribution in [0.3, 0.4) is 0 Å². The average molecular weight is 436 g/mol. The molecule has 8 heteroatoms. The van der Waals surface area contributed by atoms with Gasteiger partial charge in [0.25, 0.3) is 0 Å². The molecule has 2 N–H and O–H groups in total. The molecule has 0 radical (unpaired) electrons. The van der Waals surface area contributed by atoms with Crippen molar-refractivity contribution in [3.05, 3.63) is 56.0 Å². The number of anilines is 1. The third-order valence-electron chi connectivity index (χ3n) is 3.67. The van der Waals surface area contributed by atoms with Crippen LogP contribution >= 0.6 is 46.4 Å². The zero-order valence-electron chi connectivity index (χ0n) is 14.0. The van der Waals surface area contributed by atoms with Crippen molar-refractivity contribution in [1.82, 2.24) is 4.90 Å². The predicted octanol–water partition coefficient (Wildman–Crippen LogP) is 5.86. The first kappa shape index (κ1) is 21.1. The van der Waals surface area contributed by atoms with Gasteiger partial charge in [-0.15, -0.1) is 0 Å². The van der Waals surface area contributed by atoms with Gasteiger partial charge in [0.2, 0.25) is 5.91 Å². The average Bonchev–Trinajstić information content (AvgIpc) is 2.59. The molecule has 0 aliphatic carbocycles. The Bertz CT molecular complexity index is 773. The number of nitrogens with one attached hydrogen (secondary N) is 1. The van der Waals surface area contributed by atoms with Crippen LogP contribution in [0.25, 0.3) is 0 Å². The van der Waals surface area contributed by atoms with Crippen molar-refractivity contribution in [2.45, 2.75) is 19.9 Å². The summed E-state index contributed by atoms with van der Waals surface area (Å²) in [4.78, 5) is 14.4. The van der Waals surface area contributed by atoms with Crippen LogP contribution in [0.1, 0.15) is 18.9 Å². The summed E-state index contributed by atoms with van der Waals surface area (Å²) in [5.41, 5.74) is 0.936. The summed E-state index contributed by atoms with van der Waals surface area (Å²) in [5, 5.41) is 13.3. The van der Waals surface area contributed by atoms with E-state index in [1.807, 2.05) is 24.0 Å². The minimum atomic E-state index is -0.309. The number of carbonyl (C=O) groups is 1. The molecule has 0 saturated carbocycles. The SMILES string of the molecule is CCCN(CC(=O)Nc1c(Cl)c(Cl)cc(Cl)c1Cl)Cc1ccccc1O. The Hall–Kier alpha value is -1.17. The largest absolute Gasteiger partial charge is 0.508 e. The number of hydrogen-bond donors (Lipinski definition) is 2. The van der Waals surface area contributed by atoms with Gasteiger partial charge in [0.15, 0.2) is 0 Å². The summed E-state index contributed by atoms with van der Waals surface area (Å²) >= 11 is 24.2. The fourth-order valence-electron chi connectivity index (χ4n) is 2.48. The third-order valence-corrected chi connectivity index (χ3v) is 5.24. The summed E-state index contributed by atoms with van der Waals surface area (Å²) in [5.74, 6) is -0.113. The molecule has 0 aliphatic heterocycles. The van der Waals surface area contributed by atoms with E-state index in [9.17, 15) is 9.90 Å². The highest BCUT2D eigenvalue weighted by Gasteiger charge is 2.18.